The number of aromatic amines is 1. The highest BCUT2D eigenvalue weighted by atomic mass is 32.2. The van der Waals surface area contributed by atoms with Crippen molar-refractivity contribution >= 4 is 26.6 Å². The van der Waals surface area contributed by atoms with E-state index in [0.29, 0.717) is 17.6 Å². The number of carbonyl (C=O) groups is 1. The van der Waals surface area contributed by atoms with Gasteiger partial charge < -0.3 is 10.3 Å². The molecule has 1 amide bonds. The van der Waals surface area contributed by atoms with Gasteiger partial charge in [-0.2, -0.15) is 0 Å². The second kappa shape index (κ2) is 4.59. The van der Waals surface area contributed by atoms with Gasteiger partial charge in [0.05, 0.1) is 11.5 Å². The van der Waals surface area contributed by atoms with Gasteiger partial charge in [-0.25, -0.2) is 12.8 Å². The van der Waals surface area contributed by atoms with E-state index in [4.69, 9.17) is 0 Å². The van der Waals surface area contributed by atoms with Crippen LogP contribution in [-0.2, 0) is 9.84 Å². The molecule has 1 aromatic carbocycles. The number of H-pyrrole nitrogens is 1. The Labute approximate surface area is 115 Å². The highest BCUT2D eigenvalue weighted by Gasteiger charge is 2.29. The maximum absolute atomic E-state index is 13.1. The van der Waals surface area contributed by atoms with Gasteiger partial charge in [0.25, 0.3) is 5.91 Å². The van der Waals surface area contributed by atoms with Gasteiger partial charge in [-0.05, 0) is 30.7 Å². The minimum Gasteiger partial charge on any atom is -0.350 e. The largest absolute Gasteiger partial charge is 0.350 e. The molecule has 2 aromatic rings. The molecule has 2 heterocycles. The van der Waals surface area contributed by atoms with E-state index in [-0.39, 0.29) is 29.3 Å². The second-order valence-corrected chi connectivity index (χ2v) is 7.22. The number of nitrogens with one attached hydrogen (secondary N) is 2. The zero-order chi connectivity index (χ0) is 14.3. The number of benzene rings is 1. The summed E-state index contributed by atoms with van der Waals surface area (Å²) in [6, 6.07) is 5.48. The van der Waals surface area contributed by atoms with Crippen LogP contribution >= 0.6 is 0 Å². The van der Waals surface area contributed by atoms with E-state index in [1.165, 1.54) is 12.1 Å². The van der Waals surface area contributed by atoms with Gasteiger partial charge in [-0.1, -0.05) is 0 Å². The molecule has 0 bridgehead atoms. The third-order valence-corrected chi connectivity index (χ3v) is 5.16. The van der Waals surface area contributed by atoms with Crippen molar-refractivity contribution in [1.29, 1.82) is 0 Å². The Morgan fingerprint density at radius 1 is 1.35 bits per heavy atom. The minimum absolute atomic E-state index is 0.0202. The van der Waals surface area contributed by atoms with Gasteiger partial charge in [-0.15, -0.1) is 0 Å². The lowest BCUT2D eigenvalue weighted by Gasteiger charge is -2.09. The smallest absolute Gasteiger partial charge is 0.267 e. The number of sulfone groups is 1. The van der Waals surface area contributed by atoms with Crippen LogP contribution in [0.25, 0.3) is 10.9 Å². The predicted molar refractivity (Wildman–Crippen MR) is 72.8 cm³/mol. The lowest BCUT2D eigenvalue weighted by Crippen LogP contribution is -2.35. The van der Waals surface area contributed by atoms with E-state index < -0.39 is 9.84 Å². The maximum Gasteiger partial charge on any atom is 0.267 e. The fourth-order valence-corrected chi connectivity index (χ4v) is 4.07. The quantitative estimate of drug-likeness (QED) is 0.874. The van der Waals surface area contributed by atoms with Crippen LogP contribution in [0, 0.1) is 5.82 Å². The molecule has 1 atom stereocenters. The summed E-state index contributed by atoms with van der Waals surface area (Å²) in [5, 5.41) is 3.42. The van der Waals surface area contributed by atoms with Crippen molar-refractivity contribution in [2.75, 3.05) is 11.5 Å². The molecule has 1 aliphatic rings. The van der Waals surface area contributed by atoms with Gasteiger partial charge in [0.2, 0.25) is 0 Å². The summed E-state index contributed by atoms with van der Waals surface area (Å²) < 4.78 is 35.7. The third-order valence-electron chi connectivity index (χ3n) is 3.40. The van der Waals surface area contributed by atoms with Crippen LogP contribution in [0.1, 0.15) is 16.9 Å². The average Bonchev–Trinajstić information content (AvgIpc) is 2.92. The first kappa shape index (κ1) is 13.1. The van der Waals surface area contributed by atoms with E-state index in [0.717, 1.165) is 5.39 Å². The van der Waals surface area contributed by atoms with E-state index in [1.807, 2.05) is 0 Å². The summed E-state index contributed by atoms with van der Waals surface area (Å²) in [4.78, 5) is 14.9. The summed E-state index contributed by atoms with van der Waals surface area (Å²) in [5.74, 6) is -0.666. The molecule has 1 fully saturated rings. The van der Waals surface area contributed by atoms with Gasteiger partial charge in [0.1, 0.15) is 11.5 Å². The number of halogens is 1. The Morgan fingerprint density at radius 3 is 2.85 bits per heavy atom. The van der Waals surface area contributed by atoms with E-state index in [9.17, 15) is 17.6 Å². The number of amides is 1. The summed E-state index contributed by atoms with van der Waals surface area (Å²) in [6.45, 7) is 0. The number of hydrogen-bond acceptors (Lipinski definition) is 3. The molecule has 3 rings (SSSR count). The molecule has 106 valence electrons. The highest BCUT2D eigenvalue weighted by Crippen LogP contribution is 2.17. The number of carbonyl (C=O) groups excluding carboxylic acids is 1. The van der Waals surface area contributed by atoms with Gasteiger partial charge in [0, 0.05) is 16.9 Å². The molecule has 0 radical (unpaired) electrons. The monoisotopic (exact) mass is 296 g/mol. The van der Waals surface area contributed by atoms with Gasteiger partial charge in [-0.3, -0.25) is 4.79 Å². The topological polar surface area (TPSA) is 79.0 Å². The molecule has 7 heteroatoms. The van der Waals surface area contributed by atoms with E-state index >= 15 is 0 Å². The Balaban J connectivity index is 1.79. The Morgan fingerprint density at radius 2 is 2.15 bits per heavy atom. The van der Waals surface area contributed by atoms with Crippen LogP contribution in [0.4, 0.5) is 4.39 Å². The van der Waals surface area contributed by atoms with Crippen molar-refractivity contribution in [2.24, 2.45) is 0 Å². The molecule has 1 aliphatic heterocycles. The molecule has 1 saturated heterocycles. The Hall–Kier alpha value is -1.89. The molecule has 1 unspecified atom stereocenters. The van der Waals surface area contributed by atoms with Crippen LogP contribution in [0.5, 0.6) is 0 Å². The molecular formula is C13H13FN2O3S. The van der Waals surface area contributed by atoms with Crippen molar-refractivity contribution < 1.29 is 17.6 Å². The van der Waals surface area contributed by atoms with Crippen molar-refractivity contribution in [2.45, 2.75) is 12.5 Å². The molecule has 0 saturated carbocycles. The number of rotatable bonds is 2. The lowest BCUT2D eigenvalue weighted by atomic mass is 10.2. The standard InChI is InChI=1S/C13H13FN2O3S/c14-9-2-1-8-5-12(16-11(8)6-9)13(17)15-10-3-4-20(18,19)7-10/h1-2,5-6,10,16H,3-4,7H2,(H,15,17). The Bertz CT molecular complexity index is 782. The molecule has 5 nitrogen and oxygen atoms in total. The third kappa shape index (κ3) is 2.53. The minimum atomic E-state index is -3.03. The van der Waals surface area contributed by atoms with Crippen LogP contribution in [0.2, 0.25) is 0 Å². The summed E-state index contributed by atoms with van der Waals surface area (Å²) in [6.07, 6.45) is 0.433. The SMILES string of the molecule is O=C(NC1CCS(=O)(=O)C1)c1cc2ccc(F)cc2[nH]1. The van der Waals surface area contributed by atoms with Crippen molar-refractivity contribution in [1.82, 2.24) is 10.3 Å². The first-order valence-corrected chi connectivity index (χ1v) is 8.05. The zero-order valence-corrected chi connectivity index (χ0v) is 11.3. The summed E-state index contributed by atoms with van der Waals surface area (Å²) >= 11 is 0. The number of fused-ring (bicyclic) bond motifs is 1. The van der Waals surface area contributed by atoms with Gasteiger partial charge in [0.15, 0.2) is 9.84 Å². The van der Waals surface area contributed by atoms with Crippen molar-refractivity contribution in [3.63, 3.8) is 0 Å². The van der Waals surface area contributed by atoms with Crippen molar-refractivity contribution in [3.05, 3.63) is 35.8 Å². The van der Waals surface area contributed by atoms with Crippen LogP contribution in [0.15, 0.2) is 24.3 Å². The molecule has 0 spiro atoms. The Kier molecular flexibility index (Phi) is 3.01. The fourth-order valence-electron chi connectivity index (χ4n) is 2.39. The zero-order valence-electron chi connectivity index (χ0n) is 10.5. The summed E-state index contributed by atoms with van der Waals surface area (Å²) in [7, 11) is -3.03. The average molecular weight is 296 g/mol. The van der Waals surface area contributed by atoms with Crippen LogP contribution < -0.4 is 5.32 Å². The second-order valence-electron chi connectivity index (χ2n) is 4.99. The molecular weight excluding hydrogens is 283 g/mol. The van der Waals surface area contributed by atoms with Gasteiger partial charge >= 0.3 is 0 Å². The highest BCUT2D eigenvalue weighted by molar-refractivity contribution is 7.91. The molecule has 1 aromatic heterocycles. The number of hydrogen-bond donors (Lipinski definition) is 2. The molecule has 0 aliphatic carbocycles. The fraction of sp³-hybridized carbons (Fsp3) is 0.308. The molecule has 2 N–H and O–H groups in total. The lowest BCUT2D eigenvalue weighted by molar-refractivity contribution is 0.0937. The summed E-state index contributed by atoms with van der Waals surface area (Å²) in [5.41, 5.74) is 0.837. The predicted octanol–water partition coefficient (Wildman–Crippen LogP) is 1.22. The van der Waals surface area contributed by atoms with Crippen molar-refractivity contribution in [3.8, 4) is 0 Å². The first-order valence-electron chi connectivity index (χ1n) is 6.22. The van der Waals surface area contributed by atoms with Crippen LogP contribution in [0.3, 0.4) is 0 Å². The normalized spacial score (nSPS) is 21.1. The van der Waals surface area contributed by atoms with Crippen LogP contribution in [-0.4, -0.2) is 36.9 Å². The van der Waals surface area contributed by atoms with E-state index in [1.54, 1.807) is 12.1 Å². The first-order chi connectivity index (χ1) is 9.43. The van der Waals surface area contributed by atoms with E-state index in [2.05, 4.69) is 10.3 Å². The molecule has 20 heavy (non-hydrogen) atoms. The number of aromatic nitrogens is 1. The maximum atomic E-state index is 13.1.